The quantitative estimate of drug-likeness (QED) is 0.0616. The standard InChI is InChI=1S/C37H46N8O6/c1-5-10-26(44-37(48)49-4)36(47)45(3)18-9-7-12-34-41-22-28(43-34)25-14-16-30-32(20-25)51-29-15-13-24(19-31(29)50-30)27-21-40-33(42-27)11-6-8-17-39-35(46)23-38-2/h5,13-16,19-22,26,38H,1,6-12,17-18,23H2,2-4H3,(H,39,46)(H,40,42)(H,41,43)(H,44,48)/t26-/m0/s1. The second kappa shape index (κ2) is 17.9. The third-order valence-electron chi connectivity index (χ3n) is 8.42. The van der Waals surface area contributed by atoms with Crippen LogP contribution < -0.4 is 25.4 Å². The molecule has 0 bridgehead atoms. The third kappa shape index (κ3) is 9.97. The van der Waals surface area contributed by atoms with Gasteiger partial charge in [-0.2, -0.15) is 0 Å². The van der Waals surface area contributed by atoms with Gasteiger partial charge in [0, 0.05) is 44.1 Å². The van der Waals surface area contributed by atoms with Crippen LogP contribution in [0.1, 0.15) is 43.8 Å². The van der Waals surface area contributed by atoms with Crippen molar-refractivity contribution in [3.05, 3.63) is 73.1 Å². The normalized spacial score (nSPS) is 12.1. The van der Waals surface area contributed by atoms with Gasteiger partial charge in [0.1, 0.15) is 17.7 Å². The summed E-state index contributed by atoms with van der Waals surface area (Å²) < 4.78 is 17.1. The topological polar surface area (TPSA) is 176 Å². The first kappa shape index (κ1) is 36.6. The lowest BCUT2D eigenvalue weighted by Crippen LogP contribution is -2.47. The number of carbonyl (C=O) groups is 3. The number of methoxy groups -OCH3 is 1. The first-order chi connectivity index (χ1) is 24.8. The number of hydrogen-bond donors (Lipinski definition) is 5. The van der Waals surface area contributed by atoms with Gasteiger partial charge in [0.15, 0.2) is 23.0 Å². The zero-order chi connectivity index (χ0) is 36.2. The molecule has 3 amide bonds. The van der Waals surface area contributed by atoms with Crippen molar-refractivity contribution in [2.75, 3.05) is 40.8 Å². The van der Waals surface area contributed by atoms with E-state index in [1.54, 1.807) is 31.3 Å². The van der Waals surface area contributed by atoms with Crippen molar-refractivity contribution in [2.45, 2.75) is 51.0 Å². The molecule has 0 saturated heterocycles. The summed E-state index contributed by atoms with van der Waals surface area (Å²) in [4.78, 5) is 53.4. The van der Waals surface area contributed by atoms with E-state index in [0.29, 0.717) is 55.5 Å². The van der Waals surface area contributed by atoms with E-state index in [-0.39, 0.29) is 11.8 Å². The van der Waals surface area contributed by atoms with E-state index in [4.69, 9.17) is 9.47 Å². The lowest BCUT2D eigenvalue weighted by atomic mass is 10.1. The van der Waals surface area contributed by atoms with Crippen LogP contribution in [0.25, 0.3) is 22.5 Å². The summed E-state index contributed by atoms with van der Waals surface area (Å²) in [5.41, 5.74) is 3.60. The Morgan fingerprint density at radius 1 is 0.902 bits per heavy atom. The summed E-state index contributed by atoms with van der Waals surface area (Å²) in [5, 5.41) is 8.29. The van der Waals surface area contributed by atoms with E-state index in [9.17, 15) is 14.4 Å². The van der Waals surface area contributed by atoms with Crippen molar-refractivity contribution in [3.63, 3.8) is 0 Å². The van der Waals surface area contributed by atoms with Gasteiger partial charge in [0.25, 0.3) is 0 Å². The van der Waals surface area contributed by atoms with Gasteiger partial charge < -0.3 is 45.0 Å². The molecule has 0 spiro atoms. The lowest BCUT2D eigenvalue weighted by Gasteiger charge is -2.23. The van der Waals surface area contributed by atoms with Gasteiger partial charge in [-0.3, -0.25) is 9.59 Å². The second-order valence-corrected chi connectivity index (χ2v) is 12.3. The molecule has 0 saturated carbocycles. The van der Waals surface area contributed by atoms with Crippen LogP contribution in [0, 0.1) is 0 Å². The van der Waals surface area contributed by atoms with Crippen molar-refractivity contribution >= 4 is 17.9 Å². The number of imidazole rings is 2. The highest BCUT2D eigenvalue weighted by atomic mass is 16.6. The Hall–Kier alpha value is -5.63. The van der Waals surface area contributed by atoms with E-state index in [2.05, 4.69) is 47.2 Å². The molecule has 1 aliphatic rings. The number of H-pyrrole nitrogens is 2. The van der Waals surface area contributed by atoms with E-state index < -0.39 is 12.1 Å². The molecule has 1 aliphatic heterocycles. The first-order valence-corrected chi connectivity index (χ1v) is 17.1. The Labute approximate surface area is 297 Å². The fourth-order valence-corrected chi connectivity index (χ4v) is 5.66. The maximum atomic E-state index is 12.8. The fourth-order valence-electron chi connectivity index (χ4n) is 5.66. The van der Waals surface area contributed by atoms with Crippen LogP contribution in [0.2, 0.25) is 0 Å². The number of hydrogen-bond acceptors (Lipinski definition) is 9. The number of ether oxygens (including phenoxy) is 3. The SMILES string of the molecule is C=CC[C@H](NC(=O)OC)C(=O)N(C)CCCCc1ncc(-c2ccc3c(c2)Oc2ccc(-c4cnc(CCCCNC(=O)CNC)[nH]4)cc2O3)[nH]1. The molecule has 14 nitrogen and oxygen atoms in total. The number of carbonyl (C=O) groups excluding carboxylic acids is 3. The molecule has 2 aromatic heterocycles. The van der Waals surface area contributed by atoms with Gasteiger partial charge >= 0.3 is 6.09 Å². The van der Waals surface area contributed by atoms with Gasteiger partial charge in [-0.15, -0.1) is 6.58 Å². The van der Waals surface area contributed by atoms with Crippen LogP contribution in [-0.2, 0) is 27.2 Å². The summed E-state index contributed by atoms with van der Waals surface area (Å²) >= 11 is 0. The summed E-state index contributed by atoms with van der Waals surface area (Å²) in [5.74, 6) is 4.01. The maximum Gasteiger partial charge on any atom is 0.407 e. The van der Waals surface area contributed by atoms with Crippen LogP contribution in [0.3, 0.4) is 0 Å². The number of nitrogens with zero attached hydrogens (tertiary/aromatic N) is 3. The molecule has 3 heterocycles. The predicted octanol–water partition coefficient (Wildman–Crippen LogP) is 5.10. The molecule has 5 rings (SSSR count). The average Bonchev–Trinajstić information content (AvgIpc) is 3.82. The number of likely N-dealkylation sites (N-methyl/N-ethyl adjacent to an activating group) is 2. The second-order valence-electron chi connectivity index (χ2n) is 12.3. The van der Waals surface area contributed by atoms with Gasteiger partial charge in [-0.25, -0.2) is 14.8 Å². The van der Waals surface area contributed by atoms with E-state index in [1.807, 2.05) is 42.6 Å². The molecule has 2 aromatic carbocycles. The maximum absolute atomic E-state index is 12.8. The number of aromatic nitrogens is 4. The highest BCUT2D eigenvalue weighted by Gasteiger charge is 2.23. The smallest absolute Gasteiger partial charge is 0.407 e. The molecule has 0 unspecified atom stereocenters. The van der Waals surface area contributed by atoms with Crippen LogP contribution in [-0.4, -0.2) is 89.6 Å². The molecule has 0 fully saturated rings. The molecule has 1 atom stereocenters. The van der Waals surface area contributed by atoms with Crippen molar-refractivity contribution in [3.8, 4) is 45.5 Å². The van der Waals surface area contributed by atoms with E-state index in [1.165, 1.54) is 7.11 Å². The monoisotopic (exact) mass is 698 g/mol. The largest absolute Gasteiger partial charge is 0.453 e. The lowest BCUT2D eigenvalue weighted by molar-refractivity contribution is -0.132. The number of fused-ring (bicyclic) bond motifs is 2. The molecule has 0 radical (unpaired) electrons. The predicted molar refractivity (Wildman–Crippen MR) is 193 cm³/mol. The summed E-state index contributed by atoms with van der Waals surface area (Å²) in [7, 11) is 4.73. The number of amides is 3. The first-order valence-electron chi connectivity index (χ1n) is 17.1. The number of benzene rings is 2. The Kier molecular flexibility index (Phi) is 12.8. The zero-order valence-electron chi connectivity index (χ0n) is 29.3. The van der Waals surface area contributed by atoms with Gasteiger partial charge in [0.05, 0.1) is 37.4 Å². The van der Waals surface area contributed by atoms with Crippen molar-refractivity contribution in [1.82, 2.24) is 40.8 Å². The molecule has 270 valence electrons. The minimum atomic E-state index is -0.710. The fraction of sp³-hybridized carbons (Fsp3) is 0.378. The van der Waals surface area contributed by atoms with Crippen LogP contribution in [0.5, 0.6) is 23.0 Å². The zero-order valence-corrected chi connectivity index (χ0v) is 29.3. The number of aromatic amines is 2. The van der Waals surface area contributed by atoms with Gasteiger partial charge in [0.2, 0.25) is 11.8 Å². The molecule has 4 aromatic rings. The molecule has 5 N–H and O–H groups in total. The van der Waals surface area contributed by atoms with Crippen molar-refractivity contribution in [2.24, 2.45) is 0 Å². The minimum absolute atomic E-state index is 0.000771. The van der Waals surface area contributed by atoms with E-state index in [0.717, 1.165) is 66.3 Å². The molecular weight excluding hydrogens is 652 g/mol. The van der Waals surface area contributed by atoms with Crippen molar-refractivity contribution < 1.29 is 28.6 Å². The Morgan fingerprint density at radius 3 is 2.04 bits per heavy atom. The number of alkyl carbamates (subject to hydrolysis) is 1. The minimum Gasteiger partial charge on any atom is -0.453 e. The van der Waals surface area contributed by atoms with Crippen molar-refractivity contribution in [1.29, 1.82) is 0 Å². The van der Waals surface area contributed by atoms with E-state index >= 15 is 0 Å². The van der Waals surface area contributed by atoms with Gasteiger partial charge in [-0.05, 0) is 75.5 Å². The third-order valence-corrected chi connectivity index (χ3v) is 8.42. The Bertz CT molecular complexity index is 1820. The summed E-state index contributed by atoms with van der Waals surface area (Å²) in [6, 6.07) is 10.9. The average molecular weight is 699 g/mol. The van der Waals surface area contributed by atoms with Crippen LogP contribution in [0.4, 0.5) is 4.79 Å². The molecule has 0 aliphatic carbocycles. The highest BCUT2D eigenvalue weighted by Crippen LogP contribution is 2.47. The molecule has 14 heteroatoms. The van der Waals surface area contributed by atoms with Crippen LogP contribution >= 0.6 is 0 Å². The molecular formula is C37H46N8O6. The molecule has 51 heavy (non-hydrogen) atoms. The number of rotatable bonds is 18. The number of nitrogens with one attached hydrogen (secondary N) is 5. The summed E-state index contributed by atoms with van der Waals surface area (Å²) in [6.07, 6.45) is 9.76. The van der Waals surface area contributed by atoms with Gasteiger partial charge in [-0.1, -0.05) is 6.08 Å². The Balaban J connectivity index is 1.10. The van der Waals surface area contributed by atoms with Crippen LogP contribution in [0.15, 0.2) is 61.4 Å². The summed E-state index contributed by atoms with van der Waals surface area (Å²) in [6.45, 7) is 5.18. The number of aryl methyl sites for hydroxylation is 2. The highest BCUT2D eigenvalue weighted by molar-refractivity contribution is 5.85. The number of unbranched alkanes of at least 4 members (excludes halogenated alkanes) is 2. The Morgan fingerprint density at radius 2 is 1.49 bits per heavy atom.